The van der Waals surface area contributed by atoms with Crippen molar-refractivity contribution >= 4 is 23.2 Å². The van der Waals surface area contributed by atoms with Gasteiger partial charge in [0.15, 0.2) is 17.3 Å². The third-order valence-electron chi connectivity index (χ3n) is 2.80. The van der Waals surface area contributed by atoms with Crippen molar-refractivity contribution in [1.82, 2.24) is 4.90 Å². The number of anilines is 1. The number of ether oxygens (including phenoxy) is 1. The van der Waals surface area contributed by atoms with Crippen LogP contribution >= 0.6 is 11.6 Å². The lowest BCUT2D eigenvalue weighted by Crippen LogP contribution is -2.21. The first-order valence-corrected chi connectivity index (χ1v) is 6.51. The summed E-state index contributed by atoms with van der Waals surface area (Å²) in [6.45, 7) is 0. The van der Waals surface area contributed by atoms with Gasteiger partial charge in [-0.05, 0) is 30.3 Å². The number of nitrogens with zero attached hydrogens (tertiary/aromatic N) is 1. The number of rotatable bonds is 3. The highest BCUT2D eigenvalue weighted by Crippen LogP contribution is 2.32. The molecule has 110 valence electrons. The lowest BCUT2D eigenvalue weighted by atomic mass is 10.1. The first-order valence-electron chi connectivity index (χ1n) is 6.13. The van der Waals surface area contributed by atoms with Crippen molar-refractivity contribution in [2.75, 3.05) is 19.8 Å². The van der Waals surface area contributed by atoms with E-state index in [2.05, 4.69) is 0 Å². The van der Waals surface area contributed by atoms with Crippen molar-refractivity contribution < 1.29 is 13.9 Å². The van der Waals surface area contributed by atoms with Crippen molar-refractivity contribution in [3.8, 4) is 11.5 Å². The Morgan fingerprint density at radius 3 is 2.62 bits per heavy atom. The Balaban J connectivity index is 2.38. The average Bonchev–Trinajstić information content (AvgIpc) is 2.45. The minimum Gasteiger partial charge on any atom is -0.452 e. The Morgan fingerprint density at radius 1 is 1.24 bits per heavy atom. The third kappa shape index (κ3) is 3.25. The van der Waals surface area contributed by atoms with Crippen molar-refractivity contribution in [3.05, 3.63) is 52.8 Å². The molecule has 0 saturated carbocycles. The second-order valence-electron chi connectivity index (χ2n) is 4.61. The molecule has 2 rings (SSSR count). The summed E-state index contributed by atoms with van der Waals surface area (Å²) < 4.78 is 19.3. The topological polar surface area (TPSA) is 55.6 Å². The number of carbonyl (C=O) groups is 1. The van der Waals surface area contributed by atoms with E-state index in [1.165, 1.54) is 29.2 Å². The molecular weight excluding hydrogens is 295 g/mol. The highest BCUT2D eigenvalue weighted by atomic mass is 35.5. The van der Waals surface area contributed by atoms with Crippen LogP contribution in [0.25, 0.3) is 0 Å². The standard InChI is InChI=1S/C15H14ClFN2O2/c1-19(2)15(20)9-6-7-11(18)13(8-9)21-12-5-3-4-10(16)14(12)17/h3-8H,18H2,1-2H3. The summed E-state index contributed by atoms with van der Waals surface area (Å²) in [5.74, 6) is -0.734. The van der Waals surface area contributed by atoms with E-state index in [9.17, 15) is 9.18 Å². The van der Waals surface area contributed by atoms with Crippen LogP contribution < -0.4 is 10.5 Å². The molecule has 6 heteroatoms. The van der Waals surface area contributed by atoms with E-state index in [1.807, 2.05) is 0 Å². The van der Waals surface area contributed by atoms with E-state index >= 15 is 0 Å². The van der Waals surface area contributed by atoms with Gasteiger partial charge in [-0.2, -0.15) is 0 Å². The van der Waals surface area contributed by atoms with E-state index in [-0.39, 0.29) is 22.4 Å². The van der Waals surface area contributed by atoms with Gasteiger partial charge in [0.2, 0.25) is 0 Å². The molecule has 0 bridgehead atoms. The molecule has 0 atom stereocenters. The molecule has 21 heavy (non-hydrogen) atoms. The summed E-state index contributed by atoms with van der Waals surface area (Å²) in [5.41, 5.74) is 6.49. The van der Waals surface area contributed by atoms with Crippen LogP contribution in [-0.4, -0.2) is 24.9 Å². The Hall–Kier alpha value is -2.27. The van der Waals surface area contributed by atoms with Gasteiger partial charge in [0.05, 0.1) is 10.7 Å². The Bertz CT molecular complexity index is 689. The summed E-state index contributed by atoms with van der Waals surface area (Å²) in [7, 11) is 3.27. The summed E-state index contributed by atoms with van der Waals surface area (Å²) in [5, 5.41) is -0.0495. The average molecular weight is 309 g/mol. The Kier molecular flexibility index (Phi) is 4.33. The molecule has 0 aliphatic rings. The highest BCUT2D eigenvalue weighted by Gasteiger charge is 2.14. The normalized spacial score (nSPS) is 10.3. The van der Waals surface area contributed by atoms with Gasteiger partial charge in [0, 0.05) is 19.7 Å². The van der Waals surface area contributed by atoms with Crippen LogP contribution in [0.3, 0.4) is 0 Å². The minimum absolute atomic E-state index is 0.0495. The molecule has 2 aromatic rings. The van der Waals surface area contributed by atoms with E-state index in [1.54, 1.807) is 26.2 Å². The molecule has 0 aliphatic carbocycles. The van der Waals surface area contributed by atoms with Crippen LogP contribution in [0.4, 0.5) is 10.1 Å². The van der Waals surface area contributed by atoms with Gasteiger partial charge in [-0.25, -0.2) is 4.39 Å². The third-order valence-corrected chi connectivity index (χ3v) is 3.09. The number of nitrogens with two attached hydrogens (primary N) is 1. The summed E-state index contributed by atoms with van der Waals surface area (Å²) >= 11 is 5.70. The first kappa shape index (κ1) is 15.1. The van der Waals surface area contributed by atoms with Crippen LogP contribution in [0.2, 0.25) is 5.02 Å². The molecule has 0 aromatic heterocycles. The maximum atomic E-state index is 13.8. The summed E-state index contributed by atoms with van der Waals surface area (Å²) in [4.78, 5) is 13.3. The van der Waals surface area contributed by atoms with Gasteiger partial charge in [-0.3, -0.25) is 4.79 Å². The largest absolute Gasteiger partial charge is 0.452 e. The predicted molar refractivity (Wildman–Crippen MR) is 80.4 cm³/mol. The second-order valence-corrected chi connectivity index (χ2v) is 5.01. The first-order chi connectivity index (χ1) is 9.90. The lowest BCUT2D eigenvalue weighted by Gasteiger charge is -2.13. The zero-order valence-corrected chi connectivity index (χ0v) is 12.3. The zero-order chi connectivity index (χ0) is 15.6. The van der Waals surface area contributed by atoms with E-state index in [0.717, 1.165) is 0 Å². The molecule has 1 amide bonds. The predicted octanol–water partition coefficient (Wildman–Crippen LogP) is 3.56. The molecule has 0 fully saturated rings. The number of nitrogen functional groups attached to an aromatic ring is 1. The smallest absolute Gasteiger partial charge is 0.253 e. The van der Waals surface area contributed by atoms with Crippen LogP contribution in [0.5, 0.6) is 11.5 Å². The number of amides is 1. The van der Waals surface area contributed by atoms with Gasteiger partial charge in [-0.15, -0.1) is 0 Å². The van der Waals surface area contributed by atoms with Crippen LogP contribution in [-0.2, 0) is 0 Å². The molecule has 0 spiro atoms. The molecule has 0 saturated heterocycles. The SMILES string of the molecule is CN(C)C(=O)c1ccc(N)c(Oc2cccc(Cl)c2F)c1. The van der Waals surface area contributed by atoms with E-state index in [4.69, 9.17) is 22.1 Å². The van der Waals surface area contributed by atoms with Gasteiger partial charge in [0.25, 0.3) is 5.91 Å². The van der Waals surface area contributed by atoms with E-state index in [0.29, 0.717) is 11.3 Å². The maximum absolute atomic E-state index is 13.8. The number of halogens is 2. The Labute approximate surface area is 126 Å². The molecule has 0 aliphatic heterocycles. The Morgan fingerprint density at radius 2 is 1.95 bits per heavy atom. The number of hydrogen-bond donors (Lipinski definition) is 1. The van der Waals surface area contributed by atoms with Gasteiger partial charge >= 0.3 is 0 Å². The van der Waals surface area contributed by atoms with Crippen molar-refractivity contribution in [2.45, 2.75) is 0 Å². The molecule has 0 unspecified atom stereocenters. The van der Waals surface area contributed by atoms with Gasteiger partial charge < -0.3 is 15.4 Å². The number of carbonyl (C=O) groups excluding carboxylic acids is 1. The fourth-order valence-electron chi connectivity index (χ4n) is 1.70. The molecule has 0 heterocycles. The molecule has 0 radical (unpaired) electrons. The molecule has 2 N–H and O–H groups in total. The number of hydrogen-bond acceptors (Lipinski definition) is 3. The van der Waals surface area contributed by atoms with Crippen LogP contribution in [0.15, 0.2) is 36.4 Å². The molecular formula is C15H14ClFN2O2. The zero-order valence-electron chi connectivity index (χ0n) is 11.6. The van der Waals surface area contributed by atoms with Crippen molar-refractivity contribution in [3.63, 3.8) is 0 Å². The summed E-state index contributed by atoms with van der Waals surface area (Å²) in [6.07, 6.45) is 0. The van der Waals surface area contributed by atoms with Gasteiger partial charge in [0.1, 0.15) is 0 Å². The van der Waals surface area contributed by atoms with Crippen LogP contribution in [0, 0.1) is 5.82 Å². The van der Waals surface area contributed by atoms with Gasteiger partial charge in [-0.1, -0.05) is 17.7 Å². The fraction of sp³-hybridized carbons (Fsp3) is 0.133. The minimum atomic E-state index is -0.678. The maximum Gasteiger partial charge on any atom is 0.253 e. The van der Waals surface area contributed by atoms with E-state index < -0.39 is 5.82 Å². The molecule has 4 nitrogen and oxygen atoms in total. The molecule has 2 aromatic carbocycles. The number of benzene rings is 2. The quantitative estimate of drug-likeness (QED) is 0.882. The van der Waals surface area contributed by atoms with Crippen molar-refractivity contribution in [1.29, 1.82) is 0 Å². The summed E-state index contributed by atoms with van der Waals surface area (Å²) in [6, 6.07) is 9.00. The second kappa shape index (κ2) is 6.01. The fourth-order valence-corrected chi connectivity index (χ4v) is 1.86. The van der Waals surface area contributed by atoms with Crippen molar-refractivity contribution in [2.24, 2.45) is 0 Å². The van der Waals surface area contributed by atoms with Crippen LogP contribution in [0.1, 0.15) is 10.4 Å². The monoisotopic (exact) mass is 308 g/mol. The highest BCUT2D eigenvalue weighted by molar-refractivity contribution is 6.30. The lowest BCUT2D eigenvalue weighted by molar-refractivity contribution is 0.0827.